The summed E-state index contributed by atoms with van der Waals surface area (Å²) in [6.45, 7) is 9.80. The van der Waals surface area contributed by atoms with Crippen LogP contribution >= 0.6 is 0 Å². The number of fused-ring (bicyclic) bond motifs is 2. The van der Waals surface area contributed by atoms with E-state index in [4.69, 9.17) is 9.47 Å². The topological polar surface area (TPSA) is 82.1 Å². The molecule has 140 valence electrons. The van der Waals surface area contributed by atoms with E-state index in [1.807, 2.05) is 19.1 Å². The van der Waals surface area contributed by atoms with Crippen molar-refractivity contribution in [3.63, 3.8) is 0 Å². The van der Waals surface area contributed by atoms with Crippen molar-refractivity contribution >= 4 is 11.9 Å². The first kappa shape index (κ1) is 18.6. The van der Waals surface area contributed by atoms with E-state index in [1.165, 1.54) is 0 Å². The van der Waals surface area contributed by atoms with Gasteiger partial charge >= 0.3 is 11.9 Å². The maximum absolute atomic E-state index is 12.0. The van der Waals surface area contributed by atoms with E-state index in [2.05, 4.69) is 18.0 Å². The second-order valence-corrected chi connectivity index (χ2v) is 7.18. The van der Waals surface area contributed by atoms with Crippen LogP contribution in [0.25, 0.3) is 0 Å². The molecule has 4 atom stereocenters. The predicted octanol–water partition coefficient (Wildman–Crippen LogP) is 3.26. The molecule has 1 fully saturated rings. The van der Waals surface area contributed by atoms with E-state index >= 15 is 0 Å². The maximum atomic E-state index is 12.0. The van der Waals surface area contributed by atoms with Gasteiger partial charge in [0.15, 0.2) is 0 Å². The van der Waals surface area contributed by atoms with E-state index in [0.717, 1.165) is 5.57 Å². The van der Waals surface area contributed by atoms with Gasteiger partial charge in [-0.05, 0) is 50.3 Å². The first-order valence-electron chi connectivity index (χ1n) is 8.85. The van der Waals surface area contributed by atoms with Gasteiger partial charge in [0.25, 0.3) is 0 Å². The lowest BCUT2D eigenvalue weighted by Crippen LogP contribution is -2.18. The van der Waals surface area contributed by atoms with Gasteiger partial charge in [0.1, 0.15) is 18.3 Å². The molecule has 0 aromatic carbocycles. The zero-order valence-corrected chi connectivity index (χ0v) is 14.9. The third kappa shape index (κ3) is 3.81. The lowest BCUT2D eigenvalue weighted by molar-refractivity contribution is -0.270. The molecule has 1 aliphatic carbocycles. The van der Waals surface area contributed by atoms with Crippen molar-refractivity contribution in [3.05, 3.63) is 47.6 Å². The molecule has 3 aliphatic rings. The van der Waals surface area contributed by atoms with Gasteiger partial charge in [-0.3, -0.25) is 5.26 Å². The Kier molecular flexibility index (Phi) is 5.44. The number of ether oxygens (including phenoxy) is 2. The quantitative estimate of drug-likeness (QED) is 0.254. The van der Waals surface area contributed by atoms with E-state index in [-0.39, 0.29) is 30.1 Å². The first-order valence-corrected chi connectivity index (χ1v) is 8.85. The van der Waals surface area contributed by atoms with Gasteiger partial charge in [0.2, 0.25) is 0 Å². The fourth-order valence-corrected chi connectivity index (χ4v) is 3.73. The summed E-state index contributed by atoms with van der Waals surface area (Å²) in [6.07, 6.45) is 5.05. The summed E-state index contributed by atoms with van der Waals surface area (Å²) < 4.78 is 10.8. The summed E-state index contributed by atoms with van der Waals surface area (Å²) in [6, 6.07) is 0. The van der Waals surface area contributed by atoms with Gasteiger partial charge in [0, 0.05) is 23.5 Å². The maximum Gasteiger partial charge on any atom is 0.334 e. The van der Waals surface area contributed by atoms with E-state index in [0.29, 0.717) is 48.8 Å². The summed E-state index contributed by atoms with van der Waals surface area (Å²) >= 11 is 0. The Morgan fingerprint density at radius 2 is 1.88 bits per heavy atom. The summed E-state index contributed by atoms with van der Waals surface area (Å²) in [5, 5.41) is 9.22. The van der Waals surface area contributed by atoms with Crippen molar-refractivity contribution in [2.45, 2.75) is 57.3 Å². The zero-order chi connectivity index (χ0) is 18.8. The molecule has 1 saturated heterocycles. The molecular formula is C20H24O6. The van der Waals surface area contributed by atoms with Gasteiger partial charge in [-0.25, -0.2) is 14.5 Å². The van der Waals surface area contributed by atoms with Crippen LogP contribution in [0.4, 0.5) is 0 Å². The smallest absolute Gasteiger partial charge is 0.334 e. The van der Waals surface area contributed by atoms with Crippen molar-refractivity contribution in [1.29, 1.82) is 0 Å². The fraction of sp³-hybridized carbons (Fsp3) is 0.500. The molecular weight excluding hydrogens is 336 g/mol. The Bertz CT molecular complexity index is 701. The molecule has 2 aliphatic heterocycles. The molecule has 0 unspecified atom stereocenters. The third-order valence-corrected chi connectivity index (χ3v) is 5.26. The molecule has 2 heterocycles. The minimum Gasteiger partial charge on any atom is -0.454 e. The van der Waals surface area contributed by atoms with Crippen molar-refractivity contribution < 1.29 is 29.2 Å². The van der Waals surface area contributed by atoms with Gasteiger partial charge in [-0.2, -0.15) is 0 Å². The van der Waals surface area contributed by atoms with E-state index < -0.39 is 6.10 Å². The Hall–Kier alpha value is -2.18. The number of carbonyl (C=O) groups excluding carboxylic acids is 2. The zero-order valence-electron chi connectivity index (χ0n) is 14.9. The van der Waals surface area contributed by atoms with Crippen molar-refractivity contribution in [3.8, 4) is 0 Å². The van der Waals surface area contributed by atoms with Crippen molar-refractivity contribution in [2.75, 3.05) is 0 Å². The predicted molar refractivity (Wildman–Crippen MR) is 94.0 cm³/mol. The highest BCUT2D eigenvalue weighted by atomic mass is 17.1. The molecule has 3 rings (SSSR count). The number of hydrogen-bond donors (Lipinski definition) is 1. The van der Waals surface area contributed by atoms with Crippen LogP contribution in [-0.4, -0.2) is 35.5 Å². The van der Waals surface area contributed by atoms with Crippen LogP contribution < -0.4 is 0 Å². The monoisotopic (exact) mass is 360 g/mol. The van der Waals surface area contributed by atoms with Gasteiger partial charge in [-0.15, -0.1) is 0 Å². The Morgan fingerprint density at radius 1 is 1.12 bits per heavy atom. The van der Waals surface area contributed by atoms with Crippen LogP contribution in [-0.2, 0) is 24.0 Å². The summed E-state index contributed by atoms with van der Waals surface area (Å²) in [7, 11) is 0. The Labute approximate surface area is 152 Å². The lowest BCUT2D eigenvalue weighted by Gasteiger charge is -2.20. The average Bonchev–Trinajstić information content (AvgIpc) is 3.05. The molecule has 0 radical (unpaired) electrons. The van der Waals surface area contributed by atoms with E-state index in [1.54, 1.807) is 0 Å². The second-order valence-electron chi connectivity index (χ2n) is 7.18. The lowest BCUT2D eigenvalue weighted by atomic mass is 9.87. The third-order valence-electron chi connectivity index (χ3n) is 5.26. The van der Waals surface area contributed by atoms with Crippen LogP contribution in [0.15, 0.2) is 47.6 Å². The molecule has 0 amide bonds. The fourth-order valence-electron chi connectivity index (χ4n) is 3.73. The molecule has 0 aromatic heterocycles. The highest BCUT2D eigenvalue weighted by Crippen LogP contribution is 2.35. The molecule has 26 heavy (non-hydrogen) atoms. The molecule has 2 bridgehead atoms. The van der Waals surface area contributed by atoms with E-state index in [9.17, 15) is 14.8 Å². The average molecular weight is 360 g/mol. The first-order chi connectivity index (χ1) is 12.4. The highest BCUT2D eigenvalue weighted by Gasteiger charge is 2.38. The van der Waals surface area contributed by atoms with Gasteiger partial charge in [0.05, 0.1) is 0 Å². The second kappa shape index (κ2) is 7.60. The SMILES string of the molecule is C=C1C(=O)O[C@@H]2/C=C(\C)C[C@@H]3C=C(CC[C@@H](OO)C(=C)CC[C@H]12)C(=O)O3. The number of carbonyl (C=O) groups is 2. The summed E-state index contributed by atoms with van der Waals surface area (Å²) in [5.74, 6) is -0.865. The Morgan fingerprint density at radius 3 is 2.62 bits per heavy atom. The molecule has 1 N–H and O–H groups in total. The number of rotatable bonds is 1. The van der Waals surface area contributed by atoms with Crippen LogP contribution in [0.1, 0.15) is 39.0 Å². The molecule has 0 aromatic rings. The summed E-state index contributed by atoms with van der Waals surface area (Å²) in [4.78, 5) is 28.5. The molecule has 6 heteroatoms. The van der Waals surface area contributed by atoms with Crippen molar-refractivity contribution in [1.82, 2.24) is 0 Å². The van der Waals surface area contributed by atoms with Crippen LogP contribution in [0.2, 0.25) is 0 Å². The minimum absolute atomic E-state index is 0.145. The molecule has 0 saturated carbocycles. The molecule has 6 nitrogen and oxygen atoms in total. The summed E-state index contributed by atoms with van der Waals surface area (Å²) in [5.41, 5.74) is 2.74. The largest absolute Gasteiger partial charge is 0.454 e. The Balaban J connectivity index is 1.87. The van der Waals surface area contributed by atoms with Crippen LogP contribution in [0, 0.1) is 5.92 Å². The standard InChI is InChI=1S/C20H24O6/c1-11-8-15-10-14(20(22)24-15)5-7-17(26-23)12(2)4-6-16-13(3)19(21)25-18(16)9-11/h9-10,15-18,23H,2-8H2,1H3/b11-9+/t15-,16-,17-,18-/m1/s1. The van der Waals surface area contributed by atoms with Gasteiger partial charge < -0.3 is 9.47 Å². The normalized spacial score (nSPS) is 35.0. The van der Waals surface area contributed by atoms with Crippen molar-refractivity contribution in [2.24, 2.45) is 5.92 Å². The number of hydrogen-bond acceptors (Lipinski definition) is 6. The highest BCUT2D eigenvalue weighted by molar-refractivity contribution is 5.91. The van der Waals surface area contributed by atoms with Crippen LogP contribution in [0.5, 0.6) is 0 Å². The van der Waals surface area contributed by atoms with Crippen LogP contribution in [0.3, 0.4) is 0 Å². The minimum atomic E-state index is -0.576. The number of esters is 2. The molecule has 0 spiro atoms. The van der Waals surface area contributed by atoms with Gasteiger partial charge in [-0.1, -0.05) is 18.7 Å².